The molecule has 0 aliphatic heterocycles. The minimum atomic E-state index is -0.100. The molecule has 1 aliphatic carbocycles. The van der Waals surface area contributed by atoms with Crippen molar-refractivity contribution < 1.29 is 4.79 Å². The molecule has 8 heteroatoms. The number of carbonyl (C=O) groups excluding carboxylic acids is 1. The Bertz CT molecular complexity index is 728. The largest absolute Gasteiger partial charge is 0.310 e. The molecule has 0 bridgehead atoms. The Morgan fingerprint density at radius 2 is 2.12 bits per heavy atom. The number of nitrogens with one attached hydrogen (secondary N) is 1. The molecule has 6 nitrogen and oxygen atoms in total. The summed E-state index contributed by atoms with van der Waals surface area (Å²) in [6, 6.07) is 3.61. The number of aryl methyl sites for hydroxylation is 1. The fraction of sp³-hybridized carbons (Fsp3) is 0.556. The van der Waals surface area contributed by atoms with E-state index in [0.717, 1.165) is 27.8 Å². The molecule has 1 N–H and O–H groups in total. The summed E-state index contributed by atoms with van der Waals surface area (Å²) in [5, 5.41) is 12.1. The Morgan fingerprint density at radius 1 is 1.31 bits per heavy atom. The second-order valence-electron chi connectivity index (χ2n) is 6.70. The molecule has 0 saturated heterocycles. The van der Waals surface area contributed by atoms with E-state index in [9.17, 15) is 4.79 Å². The second-order valence-corrected chi connectivity index (χ2v) is 8.56. The van der Waals surface area contributed by atoms with Gasteiger partial charge in [-0.3, -0.25) is 4.79 Å². The van der Waals surface area contributed by atoms with Crippen LogP contribution in [0, 0.1) is 5.92 Å². The number of anilines is 1. The highest BCUT2D eigenvalue weighted by Gasteiger charge is 2.16. The molecule has 1 saturated carbocycles. The number of amides is 1. The molecule has 0 radical (unpaired) electrons. The first-order valence-corrected chi connectivity index (χ1v) is 10.8. The van der Waals surface area contributed by atoms with E-state index in [1.54, 1.807) is 12.3 Å². The number of nitrogens with zero attached hydrogens (tertiary/aromatic N) is 4. The van der Waals surface area contributed by atoms with E-state index < -0.39 is 0 Å². The van der Waals surface area contributed by atoms with Gasteiger partial charge in [-0.05, 0) is 40.4 Å². The van der Waals surface area contributed by atoms with Crippen LogP contribution >= 0.6 is 27.7 Å². The fourth-order valence-corrected chi connectivity index (χ4v) is 4.22. The highest BCUT2D eigenvalue weighted by atomic mass is 79.9. The number of thioether (sulfide) groups is 1. The molecule has 0 aromatic carbocycles. The first kappa shape index (κ1) is 19.4. The van der Waals surface area contributed by atoms with Crippen LogP contribution < -0.4 is 5.32 Å². The number of rotatable bonds is 7. The van der Waals surface area contributed by atoms with Crippen molar-refractivity contribution in [2.75, 3.05) is 11.1 Å². The summed E-state index contributed by atoms with van der Waals surface area (Å²) in [6.45, 7) is 0. The van der Waals surface area contributed by atoms with E-state index in [1.807, 2.05) is 17.7 Å². The zero-order valence-electron chi connectivity index (χ0n) is 14.9. The van der Waals surface area contributed by atoms with Crippen LogP contribution in [0.15, 0.2) is 28.0 Å². The highest BCUT2D eigenvalue weighted by Crippen LogP contribution is 2.27. The molecule has 26 heavy (non-hydrogen) atoms. The number of hydrogen-bond acceptors (Lipinski definition) is 5. The maximum absolute atomic E-state index is 12.1. The summed E-state index contributed by atoms with van der Waals surface area (Å²) in [5.74, 6) is 2.57. The summed E-state index contributed by atoms with van der Waals surface area (Å²) < 4.78 is 2.89. The topological polar surface area (TPSA) is 72.7 Å². The standard InChI is InChI=1S/C18H24BrN5OS/c1-24-16(10-7-13-5-3-2-4-6-13)22-23-18(24)26-12-17(25)21-15-9-8-14(19)11-20-15/h8-9,11,13H,2-7,10,12H2,1H3,(H,20,21,25). The molecular formula is C18H24BrN5OS. The number of aromatic nitrogens is 4. The summed E-state index contributed by atoms with van der Waals surface area (Å²) in [4.78, 5) is 16.2. The smallest absolute Gasteiger partial charge is 0.236 e. The van der Waals surface area contributed by atoms with Crippen LogP contribution in [0.3, 0.4) is 0 Å². The third-order valence-corrected chi connectivity index (χ3v) is 6.24. The Kier molecular flexibility index (Phi) is 7.07. The number of hydrogen-bond donors (Lipinski definition) is 1. The fourth-order valence-electron chi connectivity index (χ4n) is 3.26. The first-order valence-electron chi connectivity index (χ1n) is 9.04. The first-order chi connectivity index (χ1) is 12.6. The molecule has 0 spiro atoms. The number of carbonyl (C=O) groups is 1. The summed E-state index contributed by atoms with van der Waals surface area (Å²) in [6.07, 6.45) is 10.6. The summed E-state index contributed by atoms with van der Waals surface area (Å²) in [5.41, 5.74) is 0. The van der Waals surface area contributed by atoms with Crippen molar-refractivity contribution in [1.29, 1.82) is 0 Å². The van der Waals surface area contributed by atoms with Crippen molar-refractivity contribution in [2.24, 2.45) is 13.0 Å². The zero-order valence-corrected chi connectivity index (χ0v) is 17.4. The van der Waals surface area contributed by atoms with Crippen molar-refractivity contribution >= 4 is 39.4 Å². The third-order valence-electron chi connectivity index (χ3n) is 4.75. The average molecular weight is 438 g/mol. The second kappa shape index (κ2) is 9.50. The molecule has 1 amide bonds. The van der Waals surface area contributed by atoms with Gasteiger partial charge in [0, 0.05) is 24.1 Å². The van der Waals surface area contributed by atoms with Crippen molar-refractivity contribution in [2.45, 2.75) is 50.1 Å². The highest BCUT2D eigenvalue weighted by molar-refractivity contribution is 9.10. The maximum atomic E-state index is 12.1. The lowest BCUT2D eigenvalue weighted by Gasteiger charge is -2.20. The molecule has 0 atom stereocenters. The van der Waals surface area contributed by atoms with Crippen LogP contribution in [0.4, 0.5) is 5.82 Å². The molecule has 1 aliphatic rings. The van der Waals surface area contributed by atoms with Crippen molar-refractivity contribution in [1.82, 2.24) is 19.7 Å². The van der Waals surface area contributed by atoms with E-state index in [-0.39, 0.29) is 11.7 Å². The molecule has 2 aromatic heterocycles. The van der Waals surface area contributed by atoms with Gasteiger partial charge in [0.05, 0.1) is 5.75 Å². The maximum Gasteiger partial charge on any atom is 0.236 e. The van der Waals surface area contributed by atoms with Gasteiger partial charge in [-0.25, -0.2) is 4.98 Å². The quantitative estimate of drug-likeness (QED) is 0.656. The summed E-state index contributed by atoms with van der Waals surface area (Å²) in [7, 11) is 1.98. The number of pyridine rings is 1. The summed E-state index contributed by atoms with van der Waals surface area (Å²) >= 11 is 4.72. The molecule has 2 aromatic rings. The third kappa shape index (κ3) is 5.54. The van der Waals surface area contributed by atoms with E-state index in [2.05, 4.69) is 36.4 Å². The number of halogens is 1. The lowest BCUT2D eigenvalue weighted by atomic mass is 9.86. The van der Waals surface area contributed by atoms with Crippen molar-refractivity contribution in [3.05, 3.63) is 28.6 Å². The molecule has 1 fully saturated rings. The Labute approximate surface area is 166 Å². The Balaban J connectivity index is 1.46. The SMILES string of the molecule is Cn1c(CCC2CCCCC2)nnc1SCC(=O)Nc1ccc(Br)cn1. The van der Waals surface area contributed by atoms with Gasteiger partial charge in [0.15, 0.2) is 5.16 Å². The minimum Gasteiger partial charge on any atom is -0.310 e. The predicted octanol–water partition coefficient (Wildman–Crippen LogP) is 4.22. The van der Waals surface area contributed by atoms with Crippen LogP contribution in [0.25, 0.3) is 0 Å². The van der Waals surface area contributed by atoms with E-state index >= 15 is 0 Å². The van der Waals surface area contributed by atoms with Crippen molar-refractivity contribution in [3.8, 4) is 0 Å². The van der Waals surface area contributed by atoms with Gasteiger partial charge in [-0.15, -0.1) is 10.2 Å². The zero-order chi connectivity index (χ0) is 18.4. The van der Waals surface area contributed by atoms with Gasteiger partial charge >= 0.3 is 0 Å². The molecule has 2 heterocycles. The van der Waals surface area contributed by atoms with Gasteiger partial charge in [0.2, 0.25) is 5.91 Å². The van der Waals surface area contributed by atoms with Gasteiger partial charge in [0.25, 0.3) is 0 Å². The lowest BCUT2D eigenvalue weighted by Crippen LogP contribution is -2.15. The Morgan fingerprint density at radius 3 is 2.85 bits per heavy atom. The van der Waals surface area contributed by atoms with Gasteiger partial charge in [0.1, 0.15) is 11.6 Å². The predicted molar refractivity (Wildman–Crippen MR) is 107 cm³/mol. The Hall–Kier alpha value is -1.41. The average Bonchev–Trinajstić information content (AvgIpc) is 3.01. The van der Waals surface area contributed by atoms with Crippen LogP contribution in [0.5, 0.6) is 0 Å². The molecule has 3 rings (SSSR count). The van der Waals surface area contributed by atoms with Crippen LogP contribution in [0.1, 0.15) is 44.3 Å². The van der Waals surface area contributed by atoms with E-state index in [4.69, 9.17) is 0 Å². The van der Waals surface area contributed by atoms with Crippen LogP contribution in [-0.4, -0.2) is 31.4 Å². The normalized spacial score (nSPS) is 15.2. The minimum absolute atomic E-state index is 0.100. The van der Waals surface area contributed by atoms with Gasteiger partial charge < -0.3 is 9.88 Å². The lowest BCUT2D eigenvalue weighted by molar-refractivity contribution is -0.113. The van der Waals surface area contributed by atoms with E-state index in [0.29, 0.717) is 5.82 Å². The van der Waals surface area contributed by atoms with Crippen LogP contribution in [-0.2, 0) is 18.3 Å². The molecule has 140 valence electrons. The monoisotopic (exact) mass is 437 g/mol. The van der Waals surface area contributed by atoms with Crippen LogP contribution in [0.2, 0.25) is 0 Å². The molecular weight excluding hydrogens is 414 g/mol. The van der Waals surface area contributed by atoms with Crippen molar-refractivity contribution in [3.63, 3.8) is 0 Å². The van der Waals surface area contributed by atoms with Gasteiger partial charge in [-0.1, -0.05) is 43.9 Å². The van der Waals surface area contributed by atoms with Gasteiger partial charge in [-0.2, -0.15) is 0 Å². The molecule has 0 unspecified atom stereocenters. The van der Waals surface area contributed by atoms with E-state index in [1.165, 1.54) is 50.3 Å².